The Kier molecular flexibility index (Phi) is 8.31. The fourth-order valence-electron chi connectivity index (χ4n) is 0. The monoisotopic (exact) mass is 176 g/mol. The molecule has 0 radical (unpaired) electrons. The smallest absolute Gasteiger partial charge is 0.264 e. The molecule has 0 heterocycles. The Morgan fingerprint density at radius 2 is 1.56 bits per heavy atom. The average molecular weight is 177 g/mol. The van der Waals surface area contributed by atoms with Crippen LogP contribution < -0.4 is 0 Å². The van der Waals surface area contributed by atoms with Gasteiger partial charge >= 0.3 is 10.4 Å². The van der Waals surface area contributed by atoms with Crippen molar-refractivity contribution in [3.63, 3.8) is 0 Å². The van der Waals surface area contributed by atoms with Crippen molar-refractivity contribution in [2.45, 2.75) is 13.3 Å². The highest BCUT2D eigenvalue weighted by Gasteiger charge is 1.84. The summed E-state index contributed by atoms with van der Waals surface area (Å²) in [5, 5.41) is 0. The van der Waals surface area contributed by atoms with Crippen molar-refractivity contribution < 1.29 is 17.5 Å². The SMILES string of the molecule is CCCCl.O=S(=O)(O)O. The molecule has 0 aliphatic carbocycles. The first-order valence-corrected chi connectivity index (χ1v) is 4.10. The highest BCUT2D eigenvalue weighted by molar-refractivity contribution is 7.79. The van der Waals surface area contributed by atoms with E-state index in [9.17, 15) is 0 Å². The molecule has 0 rings (SSSR count). The van der Waals surface area contributed by atoms with Crippen LogP contribution >= 0.6 is 11.6 Å². The Hall–Kier alpha value is 0.160. The third-order valence-corrected chi connectivity index (χ3v) is 0.567. The minimum absolute atomic E-state index is 0.792. The zero-order valence-corrected chi connectivity index (χ0v) is 6.48. The third-order valence-electron chi connectivity index (χ3n) is 0.189. The molecule has 0 aliphatic heterocycles. The van der Waals surface area contributed by atoms with Gasteiger partial charge in [0.15, 0.2) is 0 Å². The van der Waals surface area contributed by atoms with E-state index in [4.69, 9.17) is 29.1 Å². The summed E-state index contributed by atoms with van der Waals surface area (Å²) in [5.74, 6) is 0.792. The minimum Gasteiger partial charge on any atom is -0.264 e. The third kappa shape index (κ3) is 230. The highest BCUT2D eigenvalue weighted by Crippen LogP contribution is 1.75. The Labute approximate surface area is 59.4 Å². The second-order valence-electron chi connectivity index (χ2n) is 1.14. The lowest BCUT2D eigenvalue weighted by Crippen LogP contribution is -1.89. The highest BCUT2D eigenvalue weighted by atomic mass is 35.5. The molecule has 0 atom stereocenters. The molecular weight excluding hydrogens is 168 g/mol. The number of hydrogen-bond acceptors (Lipinski definition) is 2. The van der Waals surface area contributed by atoms with E-state index >= 15 is 0 Å². The van der Waals surface area contributed by atoms with Crippen LogP contribution in [0, 0.1) is 0 Å². The molecule has 0 amide bonds. The van der Waals surface area contributed by atoms with Crippen molar-refractivity contribution in [1.82, 2.24) is 0 Å². The average Bonchev–Trinajstić information content (AvgIpc) is 1.61. The molecule has 6 heteroatoms. The molecule has 0 aliphatic rings. The summed E-state index contributed by atoms with van der Waals surface area (Å²) in [4.78, 5) is 0. The van der Waals surface area contributed by atoms with E-state index < -0.39 is 10.4 Å². The van der Waals surface area contributed by atoms with E-state index in [1.54, 1.807) is 0 Å². The van der Waals surface area contributed by atoms with Crippen molar-refractivity contribution in [2.24, 2.45) is 0 Å². The van der Waals surface area contributed by atoms with Crippen LogP contribution in [0.3, 0.4) is 0 Å². The molecule has 0 saturated heterocycles. The van der Waals surface area contributed by atoms with Crippen LogP contribution in [0.15, 0.2) is 0 Å². The fourth-order valence-corrected chi connectivity index (χ4v) is 0. The van der Waals surface area contributed by atoms with E-state index in [0.717, 1.165) is 12.3 Å². The van der Waals surface area contributed by atoms with Crippen molar-refractivity contribution in [3.8, 4) is 0 Å². The Morgan fingerprint density at radius 3 is 1.56 bits per heavy atom. The van der Waals surface area contributed by atoms with Gasteiger partial charge in [-0.15, -0.1) is 11.6 Å². The first kappa shape index (κ1) is 11.9. The van der Waals surface area contributed by atoms with Gasteiger partial charge in [0.25, 0.3) is 0 Å². The lowest BCUT2D eigenvalue weighted by Gasteiger charge is -1.68. The van der Waals surface area contributed by atoms with Gasteiger partial charge in [-0.2, -0.15) is 8.42 Å². The van der Waals surface area contributed by atoms with Crippen LogP contribution in [-0.4, -0.2) is 23.4 Å². The summed E-state index contributed by atoms with van der Waals surface area (Å²) >= 11 is 5.19. The van der Waals surface area contributed by atoms with Crippen molar-refractivity contribution in [2.75, 3.05) is 5.88 Å². The molecule has 4 nitrogen and oxygen atoms in total. The quantitative estimate of drug-likeness (QED) is 0.462. The number of halogens is 1. The molecule has 0 aromatic rings. The summed E-state index contributed by atoms with van der Waals surface area (Å²) in [6.45, 7) is 2.05. The second kappa shape index (κ2) is 6.28. The number of rotatable bonds is 1. The zero-order valence-electron chi connectivity index (χ0n) is 4.91. The topological polar surface area (TPSA) is 74.6 Å². The van der Waals surface area contributed by atoms with Crippen LogP contribution in [0.5, 0.6) is 0 Å². The Balaban J connectivity index is 0. The molecule has 0 unspecified atom stereocenters. The van der Waals surface area contributed by atoms with Crippen LogP contribution in [0.25, 0.3) is 0 Å². The van der Waals surface area contributed by atoms with Crippen molar-refractivity contribution >= 4 is 22.0 Å². The molecule has 9 heavy (non-hydrogen) atoms. The van der Waals surface area contributed by atoms with E-state index in [-0.39, 0.29) is 0 Å². The summed E-state index contributed by atoms with van der Waals surface area (Å²) in [6.07, 6.45) is 1.08. The van der Waals surface area contributed by atoms with Crippen LogP contribution in [0.2, 0.25) is 0 Å². The van der Waals surface area contributed by atoms with Gasteiger partial charge in [0.05, 0.1) is 0 Å². The maximum atomic E-state index is 8.74. The first-order chi connectivity index (χ1) is 3.91. The number of hydrogen-bond donors (Lipinski definition) is 2. The number of alkyl halides is 1. The molecule has 0 spiro atoms. The van der Waals surface area contributed by atoms with E-state index in [1.165, 1.54) is 0 Å². The standard InChI is InChI=1S/C3H7Cl.H2O4S/c1-2-3-4;1-5(2,3)4/h2-3H2,1H3;(H2,1,2,3,4). The molecule has 0 fully saturated rings. The van der Waals surface area contributed by atoms with Gasteiger partial charge in [0, 0.05) is 5.88 Å². The van der Waals surface area contributed by atoms with E-state index in [1.807, 2.05) is 6.92 Å². The fraction of sp³-hybridized carbons (Fsp3) is 1.00. The first-order valence-electron chi connectivity index (χ1n) is 2.17. The van der Waals surface area contributed by atoms with E-state index in [0.29, 0.717) is 0 Å². The van der Waals surface area contributed by atoms with Crippen LogP contribution in [-0.2, 0) is 10.4 Å². The lowest BCUT2D eigenvalue weighted by molar-refractivity contribution is 0.381. The van der Waals surface area contributed by atoms with Gasteiger partial charge in [0.1, 0.15) is 0 Å². The minimum atomic E-state index is -4.67. The second-order valence-corrected chi connectivity index (χ2v) is 2.41. The normalized spacial score (nSPS) is 9.78. The van der Waals surface area contributed by atoms with Crippen LogP contribution in [0.1, 0.15) is 13.3 Å². The maximum Gasteiger partial charge on any atom is 0.394 e. The Morgan fingerprint density at radius 1 is 1.44 bits per heavy atom. The molecule has 2 N–H and O–H groups in total. The Bertz CT molecular complexity index is 119. The summed E-state index contributed by atoms with van der Waals surface area (Å²) in [6, 6.07) is 0. The van der Waals surface area contributed by atoms with Crippen molar-refractivity contribution in [3.05, 3.63) is 0 Å². The predicted octanol–water partition coefficient (Wildman–Crippen LogP) is 0.982. The van der Waals surface area contributed by atoms with Gasteiger partial charge in [-0.3, -0.25) is 9.11 Å². The van der Waals surface area contributed by atoms with Gasteiger partial charge < -0.3 is 0 Å². The molecule has 0 aromatic carbocycles. The molecule has 58 valence electrons. The molecule has 0 aromatic heterocycles. The lowest BCUT2D eigenvalue weighted by atomic mass is 10.6. The van der Waals surface area contributed by atoms with Gasteiger partial charge in [0.2, 0.25) is 0 Å². The molecular formula is C3H9ClO4S. The van der Waals surface area contributed by atoms with Gasteiger partial charge in [-0.05, 0) is 6.42 Å². The summed E-state index contributed by atoms with van der Waals surface area (Å²) in [5.41, 5.74) is 0. The summed E-state index contributed by atoms with van der Waals surface area (Å²) in [7, 11) is -4.67. The largest absolute Gasteiger partial charge is 0.394 e. The predicted molar refractivity (Wildman–Crippen MR) is 35.2 cm³/mol. The van der Waals surface area contributed by atoms with Gasteiger partial charge in [-0.25, -0.2) is 0 Å². The molecule has 0 bridgehead atoms. The summed E-state index contributed by atoms with van der Waals surface area (Å²) < 4.78 is 31.6. The zero-order chi connectivity index (χ0) is 7.91. The van der Waals surface area contributed by atoms with Crippen molar-refractivity contribution in [1.29, 1.82) is 0 Å². The molecule has 0 saturated carbocycles. The van der Waals surface area contributed by atoms with Crippen LogP contribution in [0.4, 0.5) is 0 Å². The van der Waals surface area contributed by atoms with Gasteiger partial charge in [-0.1, -0.05) is 6.92 Å². The maximum absolute atomic E-state index is 8.74. The van der Waals surface area contributed by atoms with E-state index in [2.05, 4.69) is 0 Å².